The molecule has 0 spiro atoms. The lowest BCUT2D eigenvalue weighted by molar-refractivity contribution is -0.121. The van der Waals surface area contributed by atoms with Crippen LogP contribution in [-0.4, -0.2) is 27.8 Å². The van der Waals surface area contributed by atoms with Crippen LogP contribution in [0.3, 0.4) is 0 Å². The fourth-order valence-corrected chi connectivity index (χ4v) is 3.57. The molecule has 0 saturated heterocycles. The molecule has 1 heterocycles. The average Bonchev–Trinajstić information content (AvgIpc) is 2.79. The largest absolute Gasteiger partial charge is 0.399 e. The third kappa shape index (κ3) is 6.14. The minimum atomic E-state index is -0.455. The number of nitrogens with zero attached hydrogens (tertiary/aromatic N) is 2. The van der Waals surface area contributed by atoms with Gasteiger partial charge in [0.25, 0.3) is 5.56 Å². The Kier molecular flexibility index (Phi) is 7.91. The van der Waals surface area contributed by atoms with Crippen LogP contribution in [0.4, 0.5) is 11.5 Å². The molecule has 178 valence electrons. The molecule has 0 fully saturated rings. The number of carbonyl (C=O) groups excluding carboxylic acids is 1. The molecule has 0 radical (unpaired) electrons. The Bertz CT molecular complexity index is 1250. The maximum atomic E-state index is 13.3. The van der Waals surface area contributed by atoms with Crippen molar-refractivity contribution in [2.75, 3.05) is 17.6 Å². The van der Waals surface area contributed by atoms with Crippen LogP contribution in [0.1, 0.15) is 25.0 Å². The summed E-state index contributed by atoms with van der Waals surface area (Å²) < 4.78 is 1.31. The minimum Gasteiger partial charge on any atom is -0.399 e. The maximum Gasteiger partial charge on any atom is 0.294 e. The van der Waals surface area contributed by atoms with E-state index in [-0.39, 0.29) is 41.7 Å². The van der Waals surface area contributed by atoms with Crippen LogP contribution in [0.5, 0.6) is 0 Å². The van der Waals surface area contributed by atoms with E-state index in [1.807, 2.05) is 13.8 Å². The van der Waals surface area contributed by atoms with Crippen molar-refractivity contribution in [3.8, 4) is 11.3 Å². The molecule has 10 heteroatoms. The van der Waals surface area contributed by atoms with Crippen molar-refractivity contribution >= 4 is 34.8 Å². The van der Waals surface area contributed by atoms with Gasteiger partial charge in [0.1, 0.15) is 12.4 Å². The van der Waals surface area contributed by atoms with Crippen molar-refractivity contribution in [2.45, 2.75) is 26.9 Å². The van der Waals surface area contributed by atoms with Crippen LogP contribution < -0.4 is 27.7 Å². The van der Waals surface area contributed by atoms with E-state index in [0.29, 0.717) is 29.1 Å². The van der Waals surface area contributed by atoms with Gasteiger partial charge in [-0.1, -0.05) is 61.8 Å². The summed E-state index contributed by atoms with van der Waals surface area (Å²) in [5.74, 6) is -0.0425. The molecule has 3 rings (SSSR count). The Morgan fingerprint density at radius 3 is 2.53 bits per heavy atom. The SMILES string of the molecule is CC(C)CNc1nc(Cl)c(-c2cccc(N)c2)n(CC(=O)NCc2ccc(C(=N)N)cc2)c1=O. The van der Waals surface area contributed by atoms with Crippen molar-refractivity contribution < 1.29 is 4.79 Å². The summed E-state index contributed by atoms with van der Waals surface area (Å²) in [7, 11) is 0. The summed E-state index contributed by atoms with van der Waals surface area (Å²) in [6, 6.07) is 13.9. The van der Waals surface area contributed by atoms with E-state index < -0.39 is 5.56 Å². The van der Waals surface area contributed by atoms with E-state index in [1.54, 1.807) is 48.5 Å². The van der Waals surface area contributed by atoms with Crippen LogP contribution in [0.15, 0.2) is 53.3 Å². The highest BCUT2D eigenvalue weighted by atomic mass is 35.5. The molecule has 9 nitrogen and oxygen atoms in total. The number of nitrogens with one attached hydrogen (secondary N) is 3. The molecule has 3 aromatic rings. The summed E-state index contributed by atoms with van der Waals surface area (Å²) >= 11 is 6.49. The van der Waals surface area contributed by atoms with Gasteiger partial charge in [-0.2, -0.15) is 0 Å². The Hall–Kier alpha value is -3.85. The number of rotatable bonds is 9. The molecule has 0 unspecified atom stereocenters. The predicted molar refractivity (Wildman–Crippen MR) is 136 cm³/mol. The molecule has 34 heavy (non-hydrogen) atoms. The number of nitrogen functional groups attached to an aromatic ring is 2. The molecule has 7 N–H and O–H groups in total. The second-order valence-electron chi connectivity index (χ2n) is 8.28. The zero-order chi connectivity index (χ0) is 24.8. The monoisotopic (exact) mass is 481 g/mol. The van der Waals surface area contributed by atoms with E-state index in [4.69, 9.17) is 28.5 Å². The van der Waals surface area contributed by atoms with E-state index in [9.17, 15) is 9.59 Å². The lowest BCUT2D eigenvalue weighted by Gasteiger charge is -2.17. The first-order chi connectivity index (χ1) is 16.2. The van der Waals surface area contributed by atoms with Crippen LogP contribution in [0, 0.1) is 11.3 Å². The summed E-state index contributed by atoms with van der Waals surface area (Å²) in [5.41, 5.74) is 13.8. The number of anilines is 2. The highest BCUT2D eigenvalue weighted by Crippen LogP contribution is 2.27. The molecule has 0 atom stereocenters. The number of benzene rings is 2. The van der Waals surface area contributed by atoms with Gasteiger partial charge in [0, 0.05) is 29.9 Å². The van der Waals surface area contributed by atoms with Crippen molar-refractivity contribution in [3.05, 3.63) is 75.2 Å². The molecule has 1 aromatic heterocycles. The van der Waals surface area contributed by atoms with E-state index in [2.05, 4.69) is 15.6 Å². The summed E-state index contributed by atoms with van der Waals surface area (Å²) in [5, 5.41) is 13.4. The number of hydrogen-bond acceptors (Lipinski definition) is 6. The van der Waals surface area contributed by atoms with Crippen LogP contribution >= 0.6 is 11.6 Å². The van der Waals surface area contributed by atoms with Gasteiger partial charge < -0.3 is 22.1 Å². The number of aromatic nitrogens is 2. The lowest BCUT2D eigenvalue weighted by atomic mass is 10.1. The molecule has 0 saturated carbocycles. The normalized spacial score (nSPS) is 10.8. The molecule has 2 aromatic carbocycles. The van der Waals surface area contributed by atoms with Gasteiger partial charge in [0.05, 0.1) is 5.69 Å². The van der Waals surface area contributed by atoms with Gasteiger partial charge in [0.15, 0.2) is 11.0 Å². The van der Waals surface area contributed by atoms with Crippen molar-refractivity contribution in [1.82, 2.24) is 14.9 Å². The van der Waals surface area contributed by atoms with E-state index in [0.717, 1.165) is 5.56 Å². The van der Waals surface area contributed by atoms with Gasteiger partial charge in [0.2, 0.25) is 5.91 Å². The highest BCUT2D eigenvalue weighted by molar-refractivity contribution is 6.32. The average molecular weight is 482 g/mol. The molecule has 1 amide bonds. The van der Waals surface area contributed by atoms with Crippen LogP contribution in [0.2, 0.25) is 5.15 Å². The van der Waals surface area contributed by atoms with Crippen molar-refractivity contribution in [2.24, 2.45) is 11.7 Å². The molecular weight excluding hydrogens is 454 g/mol. The summed E-state index contributed by atoms with van der Waals surface area (Å²) in [4.78, 5) is 30.3. The Labute approximate surface area is 202 Å². The van der Waals surface area contributed by atoms with Gasteiger partial charge in [-0.15, -0.1) is 0 Å². The zero-order valence-electron chi connectivity index (χ0n) is 19.1. The third-order valence-electron chi connectivity index (χ3n) is 5.02. The van der Waals surface area contributed by atoms with E-state index in [1.165, 1.54) is 4.57 Å². The third-order valence-corrected chi connectivity index (χ3v) is 5.28. The Morgan fingerprint density at radius 1 is 1.21 bits per heavy atom. The van der Waals surface area contributed by atoms with Crippen molar-refractivity contribution in [1.29, 1.82) is 5.41 Å². The van der Waals surface area contributed by atoms with Crippen LogP contribution in [0.25, 0.3) is 11.3 Å². The second kappa shape index (κ2) is 10.8. The maximum absolute atomic E-state index is 13.3. The topological polar surface area (TPSA) is 152 Å². The zero-order valence-corrected chi connectivity index (χ0v) is 19.8. The first-order valence-corrected chi connectivity index (χ1v) is 11.1. The number of carbonyl (C=O) groups is 1. The first-order valence-electron chi connectivity index (χ1n) is 10.8. The fraction of sp³-hybridized carbons (Fsp3) is 0.250. The Balaban J connectivity index is 1.89. The minimum absolute atomic E-state index is 0.0273. The standard InChI is InChI=1S/C24H28ClN7O2/c1-14(2)11-30-23-24(34)32(20(21(25)31-23)17-4-3-5-18(26)10-17)13-19(33)29-12-15-6-8-16(9-7-15)22(27)28/h3-10,14H,11-13,26H2,1-2H3,(H3,27,28)(H,29,33)(H,30,31). The van der Waals surface area contributed by atoms with Gasteiger partial charge in [-0.3, -0.25) is 19.6 Å². The van der Waals surface area contributed by atoms with E-state index >= 15 is 0 Å². The van der Waals surface area contributed by atoms with Gasteiger partial charge >= 0.3 is 0 Å². The highest BCUT2D eigenvalue weighted by Gasteiger charge is 2.19. The molecular formula is C24H28ClN7O2. The second-order valence-corrected chi connectivity index (χ2v) is 8.64. The van der Waals surface area contributed by atoms with Gasteiger partial charge in [-0.05, 0) is 23.6 Å². The molecule has 0 aliphatic heterocycles. The number of amides is 1. The first kappa shape index (κ1) is 24.8. The summed E-state index contributed by atoms with van der Waals surface area (Å²) in [6.45, 7) is 4.53. The Morgan fingerprint density at radius 2 is 1.91 bits per heavy atom. The smallest absolute Gasteiger partial charge is 0.294 e. The predicted octanol–water partition coefficient (Wildman–Crippen LogP) is 2.81. The quantitative estimate of drug-likeness (QED) is 0.180. The lowest BCUT2D eigenvalue weighted by Crippen LogP contribution is -2.35. The fourth-order valence-electron chi connectivity index (χ4n) is 3.27. The number of hydrogen-bond donors (Lipinski definition) is 5. The molecule has 0 bridgehead atoms. The number of halogens is 1. The number of amidine groups is 1. The van der Waals surface area contributed by atoms with Gasteiger partial charge in [-0.25, -0.2) is 4.98 Å². The molecule has 0 aliphatic rings. The summed E-state index contributed by atoms with van der Waals surface area (Å²) in [6.07, 6.45) is 0. The number of nitrogens with two attached hydrogens (primary N) is 2. The molecule has 0 aliphatic carbocycles. The van der Waals surface area contributed by atoms with Crippen LogP contribution in [-0.2, 0) is 17.9 Å². The van der Waals surface area contributed by atoms with Crippen molar-refractivity contribution in [3.63, 3.8) is 0 Å².